The van der Waals surface area contributed by atoms with Crippen molar-refractivity contribution in [3.8, 4) is 5.75 Å². The second-order valence-corrected chi connectivity index (χ2v) is 8.41. The highest BCUT2D eigenvalue weighted by Crippen LogP contribution is 2.27. The van der Waals surface area contributed by atoms with E-state index in [0.717, 1.165) is 12.8 Å². The molecule has 0 aliphatic rings. The second-order valence-electron chi connectivity index (χ2n) is 6.86. The predicted molar refractivity (Wildman–Crippen MR) is 128 cm³/mol. The number of nitrogens with one attached hydrogen (secondary N) is 3. The van der Waals surface area contributed by atoms with Crippen LogP contribution < -0.4 is 20.1 Å². The summed E-state index contributed by atoms with van der Waals surface area (Å²) in [6.07, 6.45) is 0.853. The third kappa shape index (κ3) is 8.37. The Morgan fingerprint density at radius 2 is 1.74 bits per heavy atom. The van der Waals surface area contributed by atoms with Crippen molar-refractivity contribution >= 4 is 39.5 Å². The lowest BCUT2D eigenvalue weighted by Crippen LogP contribution is -2.36. The summed E-state index contributed by atoms with van der Waals surface area (Å²) in [7, 11) is -1.64. The first-order valence-electron chi connectivity index (χ1n) is 10.4. The molecule has 0 fully saturated rings. The molecule has 0 aliphatic heterocycles. The summed E-state index contributed by atoms with van der Waals surface area (Å²) < 4.78 is 40.3. The number of amides is 2. The van der Waals surface area contributed by atoms with Gasteiger partial charge in [0, 0.05) is 13.7 Å². The van der Waals surface area contributed by atoms with Gasteiger partial charge in [0.2, 0.25) is 11.9 Å². The van der Waals surface area contributed by atoms with Crippen molar-refractivity contribution < 1.29 is 31.7 Å². The molecule has 11 nitrogen and oxygen atoms in total. The molecule has 184 valence electrons. The molecular weight excluding hydrogens is 464 g/mol. The van der Waals surface area contributed by atoms with Gasteiger partial charge in [-0.25, -0.2) is 4.79 Å². The van der Waals surface area contributed by atoms with E-state index in [2.05, 4.69) is 25.7 Å². The van der Waals surface area contributed by atoms with Crippen LogP contribution in [0.5, 0.6) is 5.75 Å². The molecular formula is C22H28N4O7S. The summed E-state index contributed by atoms with van der Waals surface area (Å²) in [6, 6.07) is 12.0. The Labute approximate surface area is 198 Å². The lowest BCUT2D eigenvalue weighted by molar-refractivity contribution is -0.119. The Balaban J connectivity index is 2.43. The monoisotopic (exact) mass is 492 g/mol. The number of methoxy groups -OCH3 is 2. The van der Waals surface area contributed by atoms with Gasteiger partial charge in [-0.05, 0) is 36.8 Å². The summed E-state index contributed by atoms with van der Waals surface area (Å²) >= 11 is 0. The number of ether oxygens (including phenoxy) is 2. The highest BCUT2D eigenvalue weighted by molar-refractivity contribution is 7.87. The molecule has 2 aromatic rings. The lowest BCUT2D eigenvalue weighted by atomic mass is 10.2. The van der Waals surface area contributed by atoms with Crippen molar-refractivity contribution in [1.82, 2.24) is 5.32 Å². The maximum atomic E-state index is 12.8. The number of hydrogen-bond acceptors (Lipinski definition) is 8. The maximum Gasteiger partial charge on any atom is 0.413 e. The van der Waals surface area contributed by atoms with Gasteiger partial charge in [-0.2, -0.15) is 8.42 Å². The quantitative estimate of drug-likeness (QED) is 0.199. The maximum absolute atomic E-state index is 12.8. The average Bonchev–Trinajstić information content (AvgIpc) is 2.80. The van der Waals surface area contributed by atoms with E-state index in [4.69, 9.17) is 8.92 Å². The Kier molecular flexibility index (Phi) is 10.3. The van der Waals surface area contributed by atoms with Crippen LogP contribution in [-0.2, 0) is 24.4 Å². The number of anilines is 2. The Morgan fingerprint density at radius 3 is 2.38 bits per heavy atom. The molecule has 2 aromatic carbocycles. The predicted octanol–water partition coefficient (Wildman–Crippen LogP) is 2.96. The fourth-order valence-electron chi connectivity index (χ4n) is 2.59. The molecule has 0 saturated carbocycles. The normalized spacial score (nSPS) is 11.4. The molecule has 0 unspecified atom stereocenters. The molecule has 12 heteroatoms. The highest BCUT2D eigenvalue weighted by Gasteiger charge is 2.20. The van der Waals surface area contributed by atoms with Gasteiger partial charge in [0.05, 0.1) is 18.5 Å². The Morgan fingerprint density at radius 1 is 1.00 bits per heavy atom. The number of rotatable bonds is 10. The van der Waals surface area contributed by atoms with E-state index in [0.29, 0.717) is 6.54 Å². The zero-order chi connectivity index (χ0) is 25.0. The molecule has 0 saturated heterocycles. The first kappa shape index (κ1) is 26.6. The largest absolute Gasteiger partial charge is 0.453 e. The van der Waals surface area contributed by atoms with E-state index in [1.54, 1.807) is 18.2 Å². The fraction of sp³-hybridized carbons (Fsp3) is 0.318. The summed E-state index contributed by atoms with van der Waals surface area (Å²) in [4.78, 5) is 28.0. The number of guanidine groups is 1. The standard InChI is InChI=1S/C22H28N4O7S/c1-4-5-13-23-21(26-22(28)32-3)25-19-14-17(11-12-18(19)24-20(27)15-31-2)34(29,30)33-16-9-7-6-8-10-16/h6-12,14H,4-5,13,15H2,1-3H3,(H,24,27)(H2,23,25,26,28). The van der Waals surface area contributed by atoms with Gasteiger partial charge in [-0.1, -0.05) is 31.5 Å². The Hall–Kier alpha value is -3.64. The third-order valence-electron chi connectivity index (χ3n) is 4.22. The van der Waals surface area contributed by atoms with Crippen LogP contribution in [0.2, 0.25) is 0 Å². The van der Waals surface area contributed by atoms with E-state index in [9.17, 15) is 18.0 Å². The number of unbranched alkanes of at least 4 members (excludes halogenated alkanes) is 1. The van der Waals surface area contributed by atoms with Crippen molar-refractivity contribution in [2.75, 3.05) is 38.0 Å². The molecule has 0 spiro atoms. The van der Waals surface area contributed by atoms with Gasteiger partial charge in [0.15, 0.2) is 0 Å². The van der Waals surface area contributed by atoms with Crippen LogP contribution in [-0.4, -0.2) is 53.7 Å². The first-order chi connectivity index (χ1) is 16.3. The number of alkyl carbamates (subject to hydrolysis) is 1. The number of carbonyl (C=O) groups is 2. The zero-order valence-corrected chi connectivity index (χ0v) is 20.0. The molecule has 0 aromatic heterocycles. The highest BCUT2D eigenvalue weighted by atomic mass is 32.2. The SMILES string of the molecule is CCCC/N=C(\NC(=O)OC)Nc1cc(S(=O)(=O)Oc2ccccc2)ccc1NC(=O)COC. The van der Waals surface area contributed by atoms with Gasteiger partial charge in [0.25, 0.3) is 0 Å². The van der Waals surface area contributed by atoms with Crippen molar-refractivity contribution in [3.05, 3.63) is 48.5 Å². The zero-order valence-electron chi connectivity index (χ0n) is 19.2. The fourth-order valence-corrected chi connectivity index (χ4v) is 3.55. The molecule has 2 rings (SSSR count). The molecule has 2 amide bonds. The molecule has 0 radical (unpaired) electrons. The number of benzene rings is 2. The van der Waals surface area contributed by atoms with Gasteiger partial charge >= 0.3 is 16.2 Å². The molecule has 0 heterocycles. The van der Waals surface area contributed by atoms with Gasteiger partial charge in [0.1, 0.15) is 17.3 Å². The third-order valence-corrected chi connectivity index (χ3v) is 5.46. The summed E-state index contributed by atoms with van der Waals surface area (Å²) in [5.74, 6) is -0.309. The van der Waals surface area contributed by atoms with Crippen LogP contribution in [0.25, 0.3) is 0 Å². The van der Waals surface area contributed by atoms with Crippen molar-refractivity contribution in [2.45, 2.75) is 24.7 Å². The molecule has 0 aliphatic carbocycles. The topological polar surface area (TPSA) is 144 Å². The van der Waals surface area contributed by atoms with Crippen LogP contribution in [0, 0.1) is 0 Å². The van der Waals surface area contributed by atoms with E-state index in [1.807, 2.05) is 6.92 Å². The number of nitrogens with zero attached hydrogens (tertiary/aromatic N) is 1. The molecule has 0 atom stereocenters. The van der Waals surface area contributed by atoms with Crippen LogP contribution in [0.3, 0.4) is 0 Å². The summed E-state index contributed by atoms with van der Waals surface area (Å²) in [5.41, 5.74) is 0.379. The summed E-state index contributed by atoms with van der Waals surface area (Å²) in [5, 5.41) is 7.91. The minimum atomic E-state index is -4.20. The van der Waals surface area contributed by atoms with Gasteiger partial charge in [-0.3, -0.25) is 15.1 Å². The number of para-hydroxylation sites is 1. The number of carbonyl (C=O) groups excluding carboxylic acids is 2. The smallest absolute Gasteiger partial charge is 0.413 e. The second kappa shape index (κ2) is 13.2. The van der Waals surface area contributed by atoms with Gasteiger partial charge < -0.3 is 24.3 Å². The van der Waals surface area contributed by atoms with E-state index < -0.39 is 22.1 Å². The van der Waals surface area contributed by atoms with Gasteiger partial charge in [-0.15, -0.1) is 0 Å². The van der Waals surface area contributed by atoms with Crippen LogP contribution >= 0.6 is 0 Å². The minimum Gasteiger partial charge on any atom is -0.453 e. The van der Waals surface area contributed by atoms with Crippen molar-refractivity contribution in [3.63, 3.8) is 0 Å². The minimum absolute atomic E-state index is 0.0149. The lowest BCUT2D eigenvalue weighted by Gasteiger charge is -2.17. The average molecular weight is 493 g/mol. The van der Waals surface area contributed by atoms with Crippen molar-refractivity contribution in [2.24, 2.45) is 4.99 Å². The van der Waals surface area contributed by atoms with Crippen LogP contribution in [0.1, 0.15) is 19.8 Å². The molecule has 3 N–H and O–H groups in total. The van der Waals surface area contributed by atoms with E-state index in [-0.39, 0.29) is 34.6 Å². The Bertz CT molecular complexity index is 1110. The van der Waals surface area contributed by atoms with E-state index in [1.165, 1.54) is 44.6 Å². The van der Waals surface area contributed by atoms with Crippen LogP contribution in [0.4, 0.5) is 16.2 Å². The van der Waals surface area contributed by atoms with Crippen molar-refractivity contribution in [1.29, 1.82) is 0 Å². The van der Waals surface area contributed by atoms with Crippen LogP contribution in [0.15, 0.2) is 58.4 Å². The summed E-state index contributed by atoms with van der Waals surface area (Å²) in [6.45, 7) is 2.17. The molecule has 34 heavy (non-hydrogen) atoms. The number of hydrogen-bond donors (Lipinski definition) is 3. The number of aliphatic imine (C=N–C) groups is 1. The first-order valence-corrected chi connectivity index (χ1v) is 11.8. The van der Waals surface area contributed by atoms with E-state index >= 15 is 0 Å². The molecule has 0 bridgehead atoms.